The second-order valence-electron chi connectivity index (χ2n) is 8.57. The summed E-state index contributed by atoms with van der Waals surface area (Å²) in [6.07, 6.45) is -1.11. The number of nitrogens with one attached hydrogen (secondary N) is 2. The average Bonchev–Trinajstić information content (AvgIpc) is 3.35. The van der Waals surface area contributed by atoms with Crippen molar-refractivity contribution in [2.75, 3.05) is 37.8 Å². The number of pyridine rings is 1. The van der Waals surface area contributed by atoms with Crippen molar-refractivity contribution in [3.05, 3.63) is 30.2 Å². The highest BCUT2D eigenvalue weighted by atomic mass is 19.3. The maximum atomic E-state index is 14.5. The lowest BCUT2D eigenvalue weighted by Gasteiger charge is -2.32. The zero-order valence-corrected chi connectivity index (χ0v) is 19.1. The molecule has 1 saturated heterocycles. The Hall–Kier alpha value is -3.41. The number of imidazole rings is 1. The van der Waals surface area contributed by atoms with Gasteiger partial charge in [-0.25, -0.2) is 27.7 Å². The Labute approximate surface area is 194 Å². The fraction of sp³-hybridized carbons (Fsp3) is 0.455. The number of hydrogen-bond donors (Lipinski definition) is 2. The van der Waals surface area contributed by atoms with Gasteiger partial charge >= 0.3 is 0 Å². The lowest BCUT2D eigenvalue weighted by molar-refractivity contribution is 0.127. The molecule has 0 aromatic carbocycles. The Morgan fingerprint density at radius 1 is 1.18 bits per heavy atom. The number of nitrogens with zero attached hydrogens (tertiary/aromatic N) is 7. The van der Waals surface area contributed by atoms with Crippen LogP contribution < -0.4 is 10.6 Å². The van der Waals surface area contributed by atoms with Crippen molar-refractivity contribution < 1.29 is 13.2 Å². The Morgan fingerprint density at radius 2 is 2.00 bits per heavy atom. The predicted octanol–water partition coefficient (Wildman–Crippen LogP) is 3.21. The summed E-state index contributed by atoms with van der Waals surface area (Å²) >= 11 is 0. The number of anilines is 2. The van der Waals surface area contributed by atoms with Gasteiger partial charge in [0.1, 0.15) is 23.0 Å². The third-order valence-electron chi connectivity index (χ3n) is 6.19. The molecule has 12 heteroatoms. The minimum Gasteiger partial charge on any atom is -0.371 e. The quantitative estimate of drug-likeness (QED) is 0.445. The molecule has 1 aliphatic rings. The van der Waals surface area contributed by atoms with Crippen LogP contribution >= 0.6 is 0 Å². The largest absolute Gasteiger partial charge is 0.371 e. The van der Waals surface area contributed by atoms with Gasteiger partial charge in [-0.1, -0.05) is 0 Å². The normalized spacial score (nSPS) is 19.4. The molecular weight excluding hydrogens is 447 g/mol. The molecular formula is C22H26F3N9. The molecule has 5 heterocycles. The van der Waals surface area contributed by atoms with Gasteiger partial charge in [-0.2, -0.15) is 4.98 Å². The minimum absolute atomic E-state index is 0.324. The third-order valence-corrected chi connectivity index (χ3v) is 6.19. The van der Waals surface area contributed by atoms with Gasteiger partial charge in [-0.3, -0.25) is 0 Å². The molecule has 0 bridgehead atoms. The summed E-state index contributed by atoms with van der Waals surface area (Å²) in [4.78, 5) is 15.5. The van der Waals surface area contributed by atoms with Crippen molar-refractivity contribution >= 4 is 28.4 Å². The van der Waals surface area contributed by atoms with Gasteiger partial charge in [0.15, 0.2) is 11.5 Å². The molecule has 5 rings (SSSR count). The van der Waals surface area contributed by atoms with Gasteiger partial charge in [0.05, 0.1) is 18.3 Å². The molecule has 2 atom stereocenters. The zero-order chi connectivity index (χ0) is 24.0. The third kappa shape index (κ3) is 4.02. The SMILES string of the molecule is CNc1nc(N[C@@H]2CCN(C)C[C@@H]2F)nn2ccc(-c3ccc4nc(C)n(CC(F)F)c4n3)c12. The van der Waals surface area contributed by atoms with Crippen LogP contribution in [-0.2, 0) is 6.54 Å². The van der Waals surface area contributed by atoms with Gasteiger partial charge in [-0.05, 0) is 38.6 Å². The van der Waals surface area contributed by atoms with Crippen molar-refractivity contribution in [2.24, 2.45) is 0 Å². The van der Waals surface area contributed by atoms with Gasteiger partial charge in [0, 0.05) is 31.9 Å². The fourth-order valence-electron chi connectivity index (χ4n) is 4.47. The van der Waals surface area contributed by atoms with Crippen LogP contribution in [0.4, 0.5) is 24.9 Å². The smallest absolute Gasteiger partial charge is 0.256 e. The Bertz CT molecular complexity index is 1330. The summed E-state index contributed by atoms with van der Waals surface area (Å²) in [7, 11) is 3.65. The van der Waals surface area contributed by atoms with Crippen LogP contribution in [0.1, 0.15) is 12.2 Å². The Kier molecular flexibility index (Phi) is 5.76. The topological polar surface area (TPSA) is 88.2 Å². The maximum Gasteiger partial charge on any atom is 0.256 e. The van der Waals surface area contributed by atoms with Crippen LogP contribution in [0.5, 0.6) is 0 Å². The molecule has 0 saturated carbocycles. The van der Waals surface area contributed by atoms with E-state index >= 15 is 0 Å². The van der Waals surface area contributed by atoms with Crippen LogP contribution in [0.2, 0.25) is 0 Å². The van der Waals surface area contributed by atoms with Crippen LogP contribution in [-0.4, -0.2) is 79.9 Å². The van der Waals surface area contributed by atoms with E-state index in [0.29, 0.717) is 52.9 Å². The molecule has 0 spiro atoms. The van der Waals surface area contributed by atoms with Gasteiger partial charge in [-0.15, -0.1) is 5.10 Å². The molecule has 0 radical (unpaired) electrons. The van der Waals surface area contributed by atoms with Crippen molar-refractivity contribution in [3.63, 3.8) is 0 Å². The molecule has 4 aromatic heterocycles. The van der Waals surface area contributed by atoms with Gasteiger partial charge in [0.2, 0.25) is 5.95 Å². The average molecular weight is 474 g/mol. The number of fused-ring (bicyclic) bond motifs is 2. The highest BCUT2D eigenvalue weighted by Gasteiger charge is 2.28. The van der Waals surface area contributed by atoms with Crippen molar-refractivity contribution in [2.45, 2.75) is 38.5 Å². The summed E-state index contributed by atoms with van der Waals surface area (Å²) in [6, 6.07) is 5.05. The molecule has 0 aliphatic carbocycles. The first-order valence-corrected chi connectivity index (χ1v) is 11.1. The number of aromatic nitrogens is 6. The number of rotatable bonds is 6. The second-order valence-corrected chi connectivity index (χ2v) is 8.57. The molecule has 34 heavy (non-hydrogen) atoms. The molecule has 0 unspecified atom stereocenters. The van der Waals surface area contributed by atoms with Gasteiger partial charge in [0.25, 0.3) is 6.43 Å². The van der Waals surface area contributed by atoms with E-state index in [2.05, 4.69) is 30.7 Å². The highest BCUT2D eigenvalue weighted by Crippen LogP contribution is 2.31. The first-order chi connectivity index (χ1) is 16.3. The summed E-state index contributed by atoms with van der Waals surface area (Å²) in [5, 5.41) is 10.7. The van der Waals surface area contributed by atoms with E-state index in [4.69, 9.17) is 0 Å². The van der Waals surface area contributed by atoms with Crippen molar-refractivity contribution in [1.29, 1.82) is 0 Å². The number of aryl methyl sites for hydroxylation is 1. The fourth-order valence-corrected chi connectivity index (χ4v) is 4.47. The zero-order valence-electron chi connectivity index (χ0n) is 19.1. The molecule has 0 amide bonds. The molecule has 1 fully saturated rings. The summed E-state index contributed by atoms with van der Waals surface area (Å²) in [6.45, 7) is 2.37. The van der Waals surface area contributed by atoms with E-state index in [0.717, 1.165) is 12.1 Å². The van der Waals surface area contributed by atoms with Crippen LogP contribution in [0.15, 0.2) is 24.4 Å². The number of piperidine rings is 1. The highest BCUT2D eigenvalue weighted by molar-refractivity contribution is 5.89. The Morgan fingerprint density at radius 3 is 2.74 bits per heavy atom. The van der Waals surface area contributed by atoms with E-state index in [9.17, 15) is 13.2 Å². The monoisotopic (exact) mass is 473 g/mol. The van der Waals surface area contributed by atoms with Crippen molar-refractivity contribution in [1.82, 2.24) is 34.0 Å². The first kappa shape index (κ1) is 22.4. The number of hydrogen-bond acceptors (Lipinski definition) is 7. The molecule has 4 aromatic rings. The molecule has 1 aliphatic heterocycles. The minimum atomic E-state index is -2.51. The second kappa shape index (κ2) is 8.75. The van der Waals surface area contributed by atoms with E-state index in [1.54, 1.807) is 36.8 Å². The number of likely N-dealkylation sites (tertiary alicyclic amines) is 1. The summed E-state index contributed by atoms with van der Waals surface area (Å²) in [5.41, 5.74) is 2.96. The lowest BCUT2D eigenvalue weighted by Crippen LogP contribution is -2.46. The summed E-state index contributed by atoms with van der Waals surface area (Å²) in [5.74, 6) is 1.35. The van der Waals surface area contributed by atoms with Crippen LogP contribution in [0.3, 0.4) is 0 Å². The predicted molar refractivity (Wildman–Crippen MR) is 124 cm³/mol. The molecule has 180 valence electrons. The number of alkyl halides is 3. The van der Waals surface area contributed by atoms with E-state index in [-0.39, 0.29) is 6.04 Å². The first-order valence-electron chi connectivity index (χ1n) is 11.1. The standard InChI is InChI=1S/C22H26F3N9/c1-12-27-17-5-4-15(28-21(17)33(12)11-18(24)25)13-6-9-34-19(13)20(26-2)30-22(31-34)29-16-7-8-32(3)10-14(16)23/h4-6,9,14,16,18H,7-8,10-11H2,1-3H3,(H2,26,29,30,31)/t14-,16+/m0/s1. The van der Waals surface area contributed by atoms with E-state index < -0.39 is 19.1 Å². The van der Waals surface area contributed by atoms with Gasteiger partial charge < -0.3 is 20.1 Å². The van der Waals surface area contributed by atoms with Crippen LogP contribution in [0, 0.1) is 6.92 Å². The number of halogens is 3. The summed E-state index contributed by atoms with van der Waals surface area (Å²) < 4.78 is 43.8. The van der Waals surface area contributed by atoms with E-state index in [1.165, 1.54) is 4.57 Å². The van der Waals surface area contributed by atoms with Crippen LogP contribution in [0.25, 0.3) is 27.9 Å². The van der Waals surface area contributed by atoms with E-state index in [1.807, 2.05) is 18.0 Å². The van der Waals surface area contributed by atoms with Crippen molar-refractivity contribution in [3.8, 4) is 11.3 Å². The molecule has 9 nitrogen and oxygen atoms in total. The Balaban J connectivity index is 1.53. The lowest BCUT2D eigenvalue weighted by atomic mass is 10.0. The molecule has 2 N–H and O–H groups in total. The maximum absolute atomic E-state index is 14.5.